The van der Waals surface area contributed by atoms with Gasteiger partial charge in [0.05, 0.1) is 0 Å². The Kier molecular flexibility index (Phi) is 9.62. The van der Waals surface area contributed by atoms with Gasteiger partial charge in [0.15, 0.2) is 11.6 Å². The van der Waals surface area contributed by atoms with Crippen LogP contribution in [0.3, 0.4) is 0 Å². The highest BCUT2D eigenvalue weighted by molar-refractivity contribution is 7.96. The maximum absolute atomic E-state index is 13.5. The Hall–Kier alpha value is -0.760. The maximum Gasteiger partial charge on any atom is 0.161 e. The van der Waals surface area contributed by atoms with Crippen LogP contribution in [0, 0.1) is 17.5 Å². The van der Waals surface area contributed by atoms with Crippen molar-refractivity contribution in [3.63, 3.8) is 0 Å². The van der Waals surface area contributed by atoms with Gasteiger partial charge in [0, 0.05) is 12.1 Å². The van der Waals surface area contributed by atoms with Crippen LogP contribution in [0.5, 0.6) is 0 Å². The zero-order chi connectivity index (χ0) is 17.2. The van der Waals surface area contributed by atoms with E-state index >= 15 is 0 Å². The third kappa shape index (κ3) is 7.56. The molecule has 1 unspecified atom stereocenters. The molecule has 0 radical (unpaired) electrons. The van der Waals surface area contributed by atoms with Gasteiger partial charge in [0.2, 0.25) is 0 Å². The largest absolute Gasteiger partial charge is 0.327 e. The van der Waals surface area contributed by atoms with Crippen molar-refractivity contribution in [3.05, 3.63) is 35.1 Å². The number of rotatable bonds is 6. The molecule has 1 heterocycles. The highest BCUT2D eigenvalue weighted by atomic mass is 32.2. The predicted octanol–water partition coefficient (Wildman–Crippen LogP) is 2.94. The first kappa shape index (κ1) is 20.3. The average Bonchev–Trinajstić information content (AvgIpc) is 3.04. The highest BCUT2D eigenvalue weighted by Gasteiger charge is 2.15. The van der Waals surface area contributed by atoms with Gasteiger partial charge < -0.3 is 10.6 Å². The van der Waals surface area contributed by atoms with Gasteiger partial charge in [-0.2, -0.15) is 0 Å². The molecule has 0 saturated carbocycles. The van der Waals surface area contributed by atoms with E-state index in [1.807, 2.05) is 13.3 Å². The van der Waals surface area contributed by atoms with Crippen LogP contribution >= 0.6 is 11.9 Å². The van der Waals surface area contributed by atoms with Gasteiger partial charge >= 0.3 is 0 Å². The molecule has 0 aliphatic carbocycles. The first-order valence-corrected chi connectivity index (χ1v) is 9.01. The Morgan fingerprint density at radius 1 is 1.17 bits per heavy atom. The lowest BCUT2D eigenvalue weighted by molar-refractivity contribution is 0.320. The van der Waals surface area contributed by atoms with E-state index in [0.717, 1.165) is 32.1 Å². The smallest absolute Gasteiger partial charge is 0.161 e. The van der Waals surface area contributed by atoms with Crippen LogP contribution in [0.25, 0.3) is 0 Å². The SMILES string of the molecule is CNSC.NC(CCN1CCCC1)Cc1cc(F)c(F)cc1F. The summed E-state index contributed by atoms with van der Waals surface area (Å²) in [6.07, 6.45) is 5.38. The van der Waals surface area contributed by atoms with Gasteiger partial charge in [0.25, 0.3) is 0 Å². The van der Waals surface area contributed by atoms with E-state index < -0.39 is 17.5 Å². The highest BCUT2D eigenvalue weighted by Crippen LogP contribution is 2.16. The van der Waals surface area contributed by atoms with Gasteiger partial charge in [0.1, 0.15) is 5.82 Å². The van der Waals surface area contributed by atoms with E-state index in [9.17, 15) is 13.2 Å². The minimum Gasteiger partial charge on any atom is -0.327 e. The summed E-state index contributed by atoms with van der Waals surface area (Å²) in [4.78, 5) is 2.32. The second-order valence-corrected chi connectivity index (χ2v) is 6.38. The van der Waals surface area contributed by atoms with Gasteiger partial charge in [-0.25, -0.2) is 13.2 Å². The first-order chi connectivity index (χ1) is 11.0. The lowest BCUT2D eigenvalue weighted by atomic mass is 10.0. The number of hydrogen-bond donors (Lipinski definition) is 2. The Morgan fingerprint density at radius 2 is 1.74 bits per heavy atom. The molecule has 1 saturated heterocycles. The lowest BCUT2D eigenvalue weighted by Gasteiger charge is -2.18. The Labute approximate surface area is 140 Å². The van der Waals surface area contributed by atoms with Gasteiger partial charge in [-0.15, -0.1) is 0 Å². The van der Waals surface area contributed by atoms with Crippen molar-refractivity contribution in [1.82, 2.24) is 9.62 Å². The molecule has 3 N–H and O–H groups in total. The van der Waals surface area contributed by atoms with Crippen molar-refractivity contribution in [3.8, 4) is 0 Å². The summed E-state index contributed by atoms with van der Waals surface area (Å²) in [5.41, 5.74) is 6.08. The summed E-state index contributed by atoms with van der Waals surface area (Å²) in [6.45, 7) is 3.06. The van der Waals surface area contributed by atoms with Crippen molar-refractivity contribution in [1.29, 1.82) is 0 Å². The van der Waals surface area contributed by atoms with E-state index in [4.69, 9.17) is 5.73 Å². The molecule has 0 amide bonds. The van der Waals surface area contributed by atoms with E-state index in [1.54, 1.807) is 11.9 Å². The number of hydrogen-bond acceptors (Lipinski definition) is 4. The summed E-state index contributed by atoms with van der Waals surface area (Å²) in [5, 5.41) is 0. The number of halogens is 3. The molecule has 23 heavy (non-hydrogen) atoms. The summed E-state index contributed by atoms with van der Waals surface area (Å²) in [5.74, 6) is -2.91. The number of nitrogens with two attached hydrogens (primary N) is 1. The monoisotopic (exact) mass is 349 g/mol. The number of likely N-dealkylation sites (tertiary alicyclic amines) is 1. The molecule has 0 aromatic heterocycles. The second-order valence-electron chi connectivity index (χ2n) is 5.57. The van der Waals surface area contributed by atoms with Crippen LogP contribution in [0.2, 0.25) is 0 Å². The van der Waals surface area contributed by atoms with Gasteiger partial charge in [-0.1, -0.05) is 11.9 Å². The normalized spacial score (nSPS) is 16.1. The minimum absolute atomic E-state index is 0.146. The van der Waals surface area contributed by atoms with Crippen molar-refractivity contribution >= 4 is 11.9 Å². The molecule has 3 nitrogen and oxygen atoms in total. The molecule has 7 heteroatoms. The minimum atomic E-state index is -1.16. The predicted molar refractivity (Wildman–Crippen MR) is 90.9 cm³/mol. The molecule has 1 atom stereocenters. The number of benzene rings is 1. The molecular formula is C16H26F3N3S. The Balaban J connectivity index is 0.000000593. The third-order valence-electron chi connectivity index (χ3n) is 3.79. The standard InChI is InChI=1S/C14H19F3N2.C2H7NS/c15-12-9-14(17)13(16)8-10(12)7-11(18)3-6-19-4-1-2-5-19;1-3-4-2/h8-9,11H,1-7,18H2;3H,1-2H3. The van der Waals surface area contributed by atoms with Crippen LogP contribution in [-0.4, -0.2) is 43.9 Å². The van der Waals surface area contributed by atoms with Crippen LogP contribution in [-0.2, 0) is 6.42 Å². The van der Waals surface area contributed by atoms with E-state index in [2.05, 4.69) is 9.62 Å². The fraction of sp³-hybridized carbons (Fsp3) is 0.625. The van der Waals surface area contributed by atoms with Crippen molar-refractivity contribution in [2.45, 2.75) is 31.7 Å². The summed E-state index contributed by atoms with van der Waals surface area (Å²) in [7, 11) is 1.89. The van der Waals surface area contributed by atoms with E-state index in [-0.39, 0.29) is 18.0 Å². The third-order valence-corrected chi connectivity index (χ3v) is 4.20. The van der Waals surface area contributed by atoms with Gasteiger partial charge in [-0.05, 0) is 70.3 Å². The fourth-order valence-corrected chi connectivity index (χ4v) is 2.46. The molecule has 1 fully saturated rings. The van der Waals surface area contributed by atoms with Crippen molar-refractivity contribution in [2.75, 3.05) is 32.9 Å². The van der Waals surface area contributed by atoms with E-state index in [1.165, 1.54) is 12.8 Å². The molecule has 1 aromatic rings. The molecule has 0 bridgehead atoms. The molecule has 132 valence electrons. The zero-order valence-corrected chi connectivity index (χ0v) is 14.6. The molecule has 0 spiro atoms. The van der Waals surface area contributed by atoms with Crippen molar-refractivity contribution < 1.29 is 13.2 Å². The summed E-state index contributed by atoms with van der Waals surface area (Å²) in [6, 6.07) is 1.25. The molecule has 2 rings (SSSR count). The summed E-state index contributed by atoms with van der Waals surface area (Å²) < 4.78 is 42.2. The zero-order valence-electron chi connectivity index (χ0n) is 13.7. The second kappa shape index (κ2) is 10.9. The quantitative estimate of drug-likeness (QED) is 0.612. The van der Waals surface area contributed by atoms with Crippen LogP contribution in [0.1, 0.15) is 24.8 Å². The molecular weight excluding hydrogens is 323 g/mol. The Bertz CT molecular complexity index is 466. The average molecular weight is 349 g/mol. The van der Waals surface area contributed by atoms with Crippen molar-refractivity contribution in [2.24, 2.45) is 5.73 Å². The maximum atomic E-state index is 13.5. The van der Waals surface area contributed by atoms with Crippen LogP contribution < -0.4 is 10.5 Å². The summed E-state index contributed by atoms with van der Waals surface area (Å²) >= 11 is 1.61. The topological polar surface area (TPSA) is 41.3 Å². The molecule has 1 aromatic carbocycles. The number of nitrogens with zero attached hydrogens (tertiary/aromatic N) is 1. The van der Waals surface area contributed by atoms with Crippen LogP contribution in [0.15, 0.2) is 12.1 Å². The lowest BCUT2D eigenvalue weighted by Crippen LogP contribution is -2.30. The fourth-order valence-electron chi connectivity index (χ4n) is 2.46. The molecule has 1 aliphatic heterocycles. The first-order valence-electron chi connectivity index (χ1n) is 7.79. The van der Waals surface area contributed by atoms with E-state index in [0.29, 0.717) is 6.07 Å². The van der Waals surface area contributed by atoms with Gasteiger partial charge in [-0.3, -0.25) is 4.72 Å². The van der Waals surface area contributed by atoms with Crippen LogP contribution in [0.4, 0.5) is 13.2 Å². The number of nitrogens with one attached hydrogen (secondary N) is 1. The Morgan fingerprint density at radius 3 is 2.30 bits per heavy atom. The molecule has 1 aliphatic rings.